The van der Waals surface area contributed by atoms with Crippen molar-refractivity contribution < 1.29 is 13.9 Å². The van der Waals surface area contributed by atoms with Crippen LogP contribution >= 0.6 is 0 Å². The van der Waals surface area contributed by atoms with Gasteiger partial charge in [0.15, 0.2) is 5.65 Å². The summed E-state index contributed by atoms with van der Waals surface area (Å²) in [5.41, 5.74) is 2.95. The zero-order chi connectivity index (χ0) is 22.7. The number of unbranched alkanes of at least 4 members (excludes halogenated alkanes) is 1. The maximum atomic E-state index is 13.1. The molecule has 32 heavy (non-hydrogen) atoms. The van der Waals surface area contributed by atoms with Crippen molar-refractivity contribution in [1.82, 2.24) is 25.0 Å². The number of aromatic nitrogens is 3. The first-order valence-corrected chi connectivity index (χ1v) is 11.5. The minimum atomic E-state index is -0.0915. The van der Waals surface area contributed by atoms with Gasteiger partial charge in [0.05, 0.1) is 36.1 Å². The normalized spacial score (nSPS) is 15.0. The molecule has 1 aliphatic heterocycles. The summed E-state index contributed by atoms with van der Waals surface area (Å²) in [7, 11) is 0. The Balaban J connectivity index is 1.51. The van der Waals surface area contributed by atoms with Gasteiger partial charge in [-0.15, -0.1) is 0 Å². The van der Waals surface area contributed by atoms with Gasteiger partial charge in [0.1, 0.15) is 11.5 Å². The minimum Gasteiger partial charge on any atom is -0.466 e. The van der Waals surface area contributed by atoms with Gasteiger partial charge in [-0.2, -0.15) is 5.10 Å². The molecule has 3 aromatic heterocycles. The molecule has 8 heteroatoms. The van der Waals surface area contributed by atoms with Gasteiger partial charge in [0.25, 0.3) is 5.91 Å². The lowest BCUT2D eigenvalue weighted by molar-refractivity contribution is 0.0372. The smallest absolute Gasteiger partial charge is 0.252 e. The molecule has 1 amide bonds. The van der Waals surface area contributed by atoms with Crippen LogP contribution in [-0.2, 0) is 4.74 Å². The second-order valence-electron chi connectivity index (χ2n) is 8.72. The number of amides is 1. The molecular formula is C24H33N5O3. The third kappa shape index (κ3) is 4.86. The molecule has 1 saturated heterocycles. The van der Waals surface area contributed by atoms with E-state index in [0.717, 1.165) is 73.9 Å². The zero-order valence-electron chi connectivity index (χ0n) is 19.5. The van der Waals surface area contributed by atoms with E-state index in [4.69, 9.17) is 14.1 Å². The van der Waals surface area contributed by atoms with E-state index in [1.807, 2.05) is 30.7 Å². The topological polar surface area (TPSA) is 85.4 Å². The molecule has 1 fully saturated rings. The molecule has 1 aliphatic rings. The number of aryl methyl sites for hydroxylation is 2. The van der Waals surface area contributed by atoms with Crippen LogP contribution < -0.4 is 5.32 Å². The summed E-state index contributed by atoms with van der Waals surface area (Å²) in [6.07, 6.45) is 3.73. The highest BCUT2D eigenvalue weighted by Gasteiger charge is 2.20. The third-order valence-electron chi connectivity index (χ3n) is 5.91. The van der Waals surface area contributed by atoms with E-state index in [1.54, 1.807) is 6.20 Å². The molecule has 3 aromatic rings. The molecule has 0 radical (unpaired) electrons. The van der Waals surface area contributed by atoms with Crippen molar-refractivity contribution in [2.75, 3.05) is 39.4 Å². The maximum absolute atomic E-state index is 13.1. The van der Waals surface area contributed by atoms with E-state index in [9.17, 15) is 4.79 Å². The lowest BCUT2D eigenvalue weighted by atomic mass is 10.1. The number of furan rings is 1. The Labute approximate surface area is 188 Å². The largest absolute Gasteiger partial charge is 0.466 e. The number of ether oxygens (including phenoxy) is 1. The van der Waals surface area contributed by atoms with Crippen LogP contribution in [0.2, 0.25) is 0 Å². The number of fused-ring (bicyclic) bond motifs is 1. The van der Waals surface area contributed by atoms with E-state index in [1.165, 1.54) is 0 Å². The van der Waals surface area contributed by atoms with Gasteiger partial charge >= 0.3 is 0 Å². The van der Waals surface area contributed by atoms with Crippen molar-refractivity contribution in [3.63, 3.8) is 0 Å². The summed E-state index contributed by atoms with van der Waals surface area (Å²) < 4.78 is 13.0. The fourth-order valence-electron chi connectivity index (χ4n) is 4.19. The monoisotopic (exact) mass is 439 g/mol. The van der Waals surface area contributed by atoms with Crippen molar-refractivity contribution >= 4 is 16.9 Å². The minimum absolute atomic E-state index is 0.0915. The summed E-state index contributed by atoms with van der Waals surface area (Å²) in [4.78, 5) is 20.4. The van der Waals surface area contributed by atoms with Crippen molar-refractivity contribution in [2.45, 2.75) is 46.6 Å². The highest BCUT2D eigenvalue weighted by atomic mass is 16.5. The van der Waals surface area contributed by atoms with Crippen molar-refractivity contribution in [3.8, 4) is 11.3 Å². The van der Waals surface area contributed by atoms with Crippen molar-refractivity contribution in [2.24, 2.45) is 0 Å². The average molecular weight is 440 g/mol. The summed E-state index contributed by atoms with van der Waals surface area (Å²) >= 11 is 0. The van der Waals surface area contributed by atoms with Gasteiger partial charge in [-0.25, -0.2) is 9.67 Å². The Kier molecular flexibility index (Phi) is 6.91. The predicted molar refractivity (Wildman–Crippen MR) is 124 cm³/mol. The number of morpholine rings is 1. The molecule has 0 unspecified atom stereocenters. The Morgan fingerprint density at radius 2 is 1.97 bits per heavy atom. The molecule has 0 aromatic carbocycles. The summed E-state index contributed by atoms with van der Waals surface area (Å²) in [5.74, 6) is 1.52. The number of carbonyl (C=O) groups is 1. The molecule has 4 heterocycles. The van der Waals surface area contributed by atoms with Crippen molar-refractivity contribution in [1.29, 1.82) is 0 Å². The molecule has 0 bridgehead atoms. The van der Waals surface area contributed by atoms with Gasteiger partial charge in [0.2, 0.25) is 0 Å². The molecular weight excluding hydrogens is 406 g/mol. The van der Waals surface area contributed by atoms with Crippen LogP contribution in [-0.4, -0.2) is 65.0 Å². The van der Waals surface area contributed by atoms with E-state index >= 15 is 0 Å². The third-order valence-corrected chi connectivity index (χ3v) is 5.91. The number of nitrogens with zero attached hydrogens (tertiary/aromatic N) is 4. The van der Waals surface area contributed by atoms with Crippen LogP contribution in [0.25, 0.3) is 22.3 Å². The summed E-state index contributed by atoms with van der Waals surface area (Å²) in [6.45, 7) is 13.3. The van der Waals surface area contributed by atoms with Crippen LogP contribution in [0, 0.1) is 13.8 Å². The molecule has 172 valence electrons. The average Bonchev–Trinajstić information content (AvgIpc) is 3.35. The molecule has 0 atom stereocenters. The molecule has 0 saturated carbocycles. The molecule has 4 rings (SSSR count). The number of hydrogen-bond acceptors (Lipinski definition) is 6. The standard InChI is InChI=1S/C24H33N5O3/c1-16(2)29-23-21(15-26-29)20(14-22(27-23)19-13-17(3)32-18(19)4)24(30)25-7-5-6-8-28-9-11-31-12-10-28/h13-16H,5-12H2,1-4H3,(H,25,30). The van der Waals surface area contributed by atoms with E-state index in [0.29, 0.717) is 17.8 Å². The zero-order valence-corrected chi connectivity index (χ0v) is 19.5. The second-order valence-corrected chi connectivity index (χ2v) is 8.72. The van der Waals surface area contributed by atoms with Crippen LogP contribution in [0.1, 0.15) is 54.6 Å². The number of rotatable bonds is 8. The van der Waals surface area contributed by atoms with Gasteiger partial charge in [-0.3, -0.25) is 9.69 Å². The SMILES string of the molecule is Cc1cc(-c2cc(C(=O)NCCCCN3CCOCC3)c3cnn(C(C)C)c3n2)c(C)o1. The number of hydrogen-bond donors (Lipinski definition) is 1. The van der Waals surface area contributed by atoms with Crippen molar-refractivity contribution in [3.05, 3.63) is 35.4 Å². The van der Waals surface area contributed by atoms with Gasteiger partial charge < -0.3 is 14.5 Å². The van der Waals surface area contributed by atoms with Gasteiger partial charge in [-0.05, 0) is 59.2 Å². The lowest BCUT2D eigenvalue weighted by Crippen LogP contribution is -2.37. The Bertz CT molecular complexity index is 1080. The molecule has 8 nitrogen and oxygen atoms in total. The van der Waals surface area contributed by atoms with Gasteiger partial charge in [0, 0.05) is 31.2 Å². The Morgan fingerprint density at radius 3 is 2.66 bits per heavy atom. The summed E-state index contributed by atoms with van der Waals surface area (Å²) in [6, 6.07) is 3.96. The van der Waals surface area contributed by atoms with E-state index in [2.05, 4.69) is 29.2 Å². The van der Waals surface area contributed by atoms with Gasteiger partial charge in [-0.1, -0.05) is 0 Å². The van der Waals surface area contributed by atoms with E-state index in [-0.39, 0.29) is 11.9 Å². The highest BCUT2D eigenvalue weighted by molar-refractivity contribution is 6.06. The van der Waals surface area contributed by atoms with Crippen LogP contribution in [0.5, 0.6) is 0 Å². The Hall–Kier alpha value is -2.71. The molecule has 0 spiro atoms. The van der Waals surface area contributed by atoms with Crippen LogP contribution in [0.4, 0.5) is 0 Å². The summed E-state index contributed by atoms with van der Waals surface area (Å²) in [5, 5.41) is 8.36. The second kappa shape index (κ2) is 9.83. The first kappa shape index (κ1) is 22.5. The maximum Gasteiger partial charge on any atom is 0.252 e. The number of nitrogens with one attached hydrogen (secondary N) is 1. The van der Waals surface area contributed by atoms with Crippen LogP contribution in [0.15, 0.2) is 22.7 Å². The van der Waals surface area contributed by atoms with Crippen LogP contribution in [0.3, 0.4) is 0 Å². The first-order chi connectivity index (χ1) is 15.4. The lowest BCUT2D eigenvalue weighted by Gasteiger charge is -2.26. The first-order valence-electron chi connectivity index (χ1n) is 11.5. The molecule has 1 N–H and O–H groups in total. The number of carbonyl (C=O) groups excluding carboxylic acids is 1. The fourth-order valence-corrected chi connectivity index (χ4v) is 4.19. The Morgan fingerprint density at radius 1 is 1.19 bits per heavy atom. The fraction of sp³-hybridized carbons (Fsp3) is 0.542. The quantitative estimate of drug-likeness (QED) is 0.538. The predicted octanol–water partition coefficient (Wildman–Crippen LogP) is 3.73. The van der Waals surface area contributed by atoms with E-state index < -0.39 is 0 Å². The highest BCUT2D eigenvalue weighted by Crippen LogP contribution is 2.30. The molecule has 0 aliphatic carbocycles. The number of pyridine rings is 1.